The van der Waals surface area contributed by atoms with Gasteiger partial charge in [0.15, 0.2) is 0 Å². The third kappa shape index (κ3) is 4.00. The summed E-state index contributed by atoms with van der Waals surface area (Å²) in [7, 11) is 1.43. The molecule has 0 amide bonds. The molecular formula is C12H16O4. The van der Waals surface area contributed by atoms with Gasteiger partial charge in [-0.05, 0) is 18.6 Å². The van der Waals surface area contributed by atoms with Crippen molar-refractivity contribution >= 4 is 5.97 Å². The number of carbonyl (C=O) groups is 1. The second-order valence-electron chi connectivity index (χ2n) is 3.26. The molecule has 4 heteroatoms. The van der Waals surface area contributed by atoms with Crippen LogP contribution in [0.25, 0.3) is 0 Å². The van der Waals surface area contributed by atoms with E-state index in [1.54, 1.807) is 24.3 Å². The van der Waals surface area contributed by atoms with Crippen molar-refractivity contribution in [2.24, 2.45) is 0 Å². The first-order valence-electron chi connectivity index (χ1n) is 5.19. The number of hydrogen-bond donors (Lipinski definition) is 0. The lowest BCUT2D eigenvalue weighted by atomic mass is 10.2. The summed E-state index contributed by atoms with van der Waals surface area (Å²) in [6.45, 7) is 2.12. The van der Waals surface area contributed by atoms with Crippen molar-refractivity contribution in [3.63, 3.8) is 0 Å². The van der Waals surface area contributed by atoms with E-state index in [-0.39, 0.29) is 18.7 Å². The zero-order valence-corrected chi connectivity index (χ0v) is 9.51. The molecule has 0 aromatic heterocycles. The molecular weight excluding hydrogens is 208 g/mol. The summed E-state index contributed by atoms with van der Waals surface area (Å²) in [6, 6.07) is 8.85. The second kappa shape index (κ2) is 6.98. The SMILES string of the molecule is CCC(COC(=O)c1ccccc1)OOC. The zero-order chi connectivity index (χ0) is 11.8. The maximum Gasteiger partial charge on any atom is 0.338 e. The Bertz CT molecular complexity index is 310. The van der Waals surface area contributed by atoms with Crippen molar-refractivity contribution in [3.05, 3.63) is 35.9 Å². The van der Waals surface area contributed by atoms with Crippen LogP contribution in [0.2, 0.25) is 0 Å². The van der Waals surface area contributed by atoms with Gasteiger partial charge in [-0.15, -0.1) is 0 Å². The number of ether oxygens (including phenoxy) is 1. The minimum atomic E-state index is -0.348. The van der Waals surface area contributed by atoms with E-state index in [2.05, 4.69) is 4.89 Å². The molecule has 1 rings (SSSR count). The molecule has 0 aliphatic carbocycles. The van der Waals surface area contributed by atoms with E-state index in [9.17, 15) is 4.79 Å². The molecule has 0 aliphatic heterocycles. The summed E-state index contributed by atoms with van der Waals surface area (Å²) in [5, 5.41) is 0. The maximum absolute atomic E-state index is 11.6. The molecule has 16 heavy (non-hydrogen) atoms. The number of carbonyl (C=O) groups excluding carboxylic acids is 1. The van der Waals surface area contributed by atoms with Crippen molar-refractivity contribution in [3.8, 4) is 0 Å². The molecule has 1 unspecified atom stereocenters. The van der Waals surface area contributed by atoms with Gasteiger partial charge in [0, 0.05) is 0 Å². The van der Waals surface area contributed by atoms with Crippen LogP contribution in [0.4, 0.5) is 0 Å². The number of rotatable bonds is 6. The van der Waals surface area contributed by atoms with Crippen molar-refractivity contribution < 1.29 is 19.3 Å². The third-order valence-corrected chi connectivity index (χ3v) is 2.10. The quantitative estimate of drug-likeness (QED) is 0.422. The molecule has 0 bridgehead atoms. The average molecular weight is 224 g/mol. The molecule has 1 atom stereocenters. The van der Waals surface area contributed by atoms with Crippen LogP contribution in [0.5, 0.6) is 0 Å². The van der Waals surface area contributed by atoms with E-state index >= 15 is 0 Å². The highest BCUT2D eigenvalue weighted by Gasteiger charge is 2.12. The number of benzene rings is 1. The standard InChI is InChI=1S/C12H16O4/c1-3-11(16-14-2)9-15-12(13)10-7-5-4-6-8-10/h4-8,11H,3,9H2,1-2H3. The van der Waals surface area contributed by atoms with E-state index < -0.39 is 0 Å². The topological polar surface area (TPSA) is 44.8 Å². The molecule has 0 saturated heterocycles. The van der Waals surface area contributed by atoms with Crippen molar-refractivity contribution in [1.82, 2.24) is 0 Å². The Balaban J connectivity index is 2.40. The predicted molar refractivity (Wildman–Crippen MR) is 58.9 cm³/mol. The molecule has 0 fully saturated rings. The van der Waals surface area contributed by atoms with E-state index in [1.807, 2.05) is 13.0 Å². The van der Waals surface area contributed by atoms with Gasteiger partial charge in [-0.25, -0.2) is 14.6 Å². The largest absolute Gasteiger partial charge is 0.459 e. The van der Waals surface area contributed by atoms with E-state index in [0.717, 1.165) is 6.42 Å². The molecule has 0 saturated carbocycles. The van der Waals surface area contributed by atoms with Crippen molar-refractivity contribution in [2.75, 3.05) is 13.7 Å². The van der Waals surface area contributed by atoms with Gasteiger partial charge in [0.2, 0.25) is 0 Å². The molecule has 0 heterocycles. The Hall–Kier alpha value is -1.39. The van der Waals surface area contributed by atoms with Gasteiger partial charge in [-0.3, -0.25) is 0 Å². The molecule has 0 N–H and O–H groups in total. The van der Waals surface area contributed by atoms with Crippen LogP contribution in [0.15, 0.2) is 30.3 Å². The molecule has 0 aliphatic rings. The molecule has 88 valence electrons. The second-order valence-corrected chi connectivity index (χ2v) is 3.26. The predicted octanol–water partition coefficient (Wildman–Crippen LogP) is 2.20. The third-order valence-electron chi connectivity index (χ3n) is 2.10. The van der Waals surface area contributed by atoms with Crippen LogP contribution in [-0.2, 0) is 14.5 Å². The van der Waals surface area contributed by atoms with Crippen molar-refractivity contribution in [1.29, 1.82) is 0 Å². The lowest BCUT2D eigenvalue weighted by Gasteiger charge is -2.13. The average Bonchev–Trinajstić information content (AvgIpc) is 2.35. The molecule has 0 spiro atoms. The minimum Gasteiger partial charge on any atom is -0.459 e. The summed E-state index contributed by atoms with van der Waals surface area (Å²) < 4.78 is 5.09. The normalized spacial score (nSPS) is 12.1. The Morgan fingerprint density at radius 3 is 2.56 bits per heavy atom. The summed E-state index contributed by atoms with van der Waals surface area (Å²) in [5.41, 5.74) is 0.537. The van der Waals surface area contributed by atoms with Gasteiger partial charge in [0.1, 0.15) is 12.7 Å². The smallest absolute Gasteiger partial charge is 0.338 e. The first kappa shape index (κ1) is 12.7. The Morgan fingerprint density at radius 2 is 2.00 bits per heavy atom. The highest BCUT2D eigenvalue weighted by molar-refractivity contribution is 5.89. The monoisotopic (exact) mass is 224 g/mol. The molecule has 4 nitrogen and oxygen atoms in total. The van der Waals surface area contributed by atoms with Gasteiger partial charge in [-0.2, -0.15) is 0 Å². The van der Waals surface area contributed by atoms with Crippen LogP contribution in [0.1, 0.15) is 23.7 Å². The first-order chi connectivity index (χ1) is 7.77. The Labute approximate surface area is 95.1 Å². The highest BCUT2D eigenvalue weighted by Crippen LogP contribution is 2.04. The fourth-order valence-corrected chi connectivity index (χ4v) is 1.18. The molecule has 1 aromatic rings. The highest BCUT2D eigenvalue weighted by atomic mass is 17.2. The number of esters is 1. The summed E-state index contributed by atoms with van der Waals surface area (Å²) in [5.74, 6) is -0.348. The lowest BCUT2D eigenvalue weighted by molar-refractivity contribution is -0.309. The van der Waals surface area contributed by atoms with Crippen molar-refractivity contribution in [2.45, 2.75) is 19.4 Å². The van der Waals surface area contributed by atoms with E-state index in [0.29, 0.717) is 5.56 Å². The number of hydrogen-bond acceptors (Lipinski definition) is 4. The van der Waals surface area contributed by atoms with E-state index in [1.165, 1.54) is 7.11 Å². The van der Waals surface area contributed by atoms with Gasteiger partial charge in [-0.1, -0.05) is 25.1 Å². The van der Waals surface area contributed by atoms with Crippen LogP contribution in [0.3, 0.4) is 0 Å². The van der Waals surface area contributed by atoms with Crippen LogP contribution in [0, 0.1) is 0 Å². The summed E-state index contributed by atoms with van der Waals surface area (Å²) >= 11 is 0. The van der Waals surface area contributed by atoms with Gasteiger partial charge in [0.05, 0.1) is 12.7 Å². The maximum atomic E-state index is 11.6. The molecule has 0 radical (unpaired) electrons. The summed E-state index contributed by atoms with van der Waals surface area (Å²) in [4.78, 5) is 21.0. The van der Waals surface area contributed by atoms with Crippen LogP contribution in [-0.4, -0.2) is 25.8 Å². The molecule has 1 aromatic carbocycles. The van der Waals surface area contributed by atoms with Gasteiger partial charge in [0.25, 0.3) is 0 Å². The summed E-state index contributed by atoms with van der Waals surface area (Å²) in [6.07, 6.45) is 0.494. The minimum absolute atomic E-state index is 0.193. The van der Waals surface area contributed by atoms with Gasteiger partial charge < -0.3 is 4.74 Å². The Kier molecular flexibility index (Phi) is 5.53. The lowest BCUT2D eigenvalue weighted by Crippen LogP contribution is -2.21. The van der Waals surface area contributed by atoms with Crippen LogP contribution >= 0.6 is 0 Å². The zero-order valence-electron chi connectivity index (χ0n) is 9.51. The van der Waals surface area contributed by atoms with Crippen LogP contribution < -0.4 is 0 Å². The fraction of sp³-hybridized carbons (Fsp3) is 0.417. The fourth-order valence-electron chi connectivity index (χ4n) is 1.18. The first-order valence-corrected chi connectivity index (χ1v) is 5.19. The van der Waals surface area contributed by atoms with E-state index in [4.69, 9.17) is 9.62 Å². The van der Waals surface area contributed by atoms with Gasteiger partial charge >= 0.3 is 5.97 Å². The Morgan fingerprint density at radius 1 is 1.31 bits per heavy atom.